The van der Waals surface area contributed by atoms with Crippen LogP contribution >= 0.6 is 11.6 Å². The smallest absolute Gasteiger partial charge is 0.343 e. The van der Waals surface area contributed by atoms with E-state index in [4.69, 9.17) is 21.4 Å². The molecule has 0 unspecified atom stereocenters. The number of ether oxygens (including phenoxy) is 1. The highest BCUT2D eigenvalue weighted by Gasteiger charge is 2.15. The number of carboxylic acids is 1. The van der Waals surface area contributed by atoms with Gasteiger partial charge in [0, 0.05) is 16.3 Å². The summed E-state index contributed by atoms with van der Waals surface area (Å²) < 4.78 is 5.42. The van der Waals surface area contributed by atoms with Crippen LogP contribution in [0.2, 0.25) is 5.02 Å². The first-order chi connectivity index (χ1) is 15.4. The minimum absolute atomic E-state index is 0.00950. The van der Waals surface area contributed by atoms with Crippen molar-refractivity contribution in [2.45, 2.75) is 0 Å². The van der Waals surface area contributed by atoms with Crippen LogP contribution < -0.4 is 10.1 Å². The number of nitrogens with zero attached hydrogens (tertiary/aromatic N) is 1. The van der Waals surface area contributed by atoms with Crippen LogP contribution in [0.25, 0.3) is 6.08 Å². The maximum Gasteiger partial charge on any atom is 0.343 e. The molecule has 0 aliphatic heterocycles. The zero-order valence-electron chi connectivity index (χ0n) is 16.4. The number of para-hydroxylation sites is 1. The Morgan fingerprint density at radius 3 is 2.38 bits per heavy atom. The van der Waals surface area contributed by atoms with Crippen molar-refractivity contribution < 1.29 is 24.2 Å². The van der Waals surface area contributed by atoms with E-state index in [1.54, 1.807) is 36.4 Å². The topological polar surface area (TPSA) is 116 Å². The van der Waals surface area contributed by atoms with Gasteiger partial charge in [0.05, 0.1) is 11.1 Å². The summed E-state index contributed by atoms with van der Waals surface area (Å²) in [7, 11) is 0. The number of hydrogen-bond donors (Lipinski definition) is 2. The fourth-order valence-corrected chi connectivity index (χ4v) is 2.80. The van der Waals surface area contributed by atoms with Crippen LogP contribution in [0.15, 0.2) is 78.4 Å². The first kappa shape index (κ1) is 22.3. The highest BCUT2D eigenvalue weighted by atomic mass is 35.5. The SMILES string of the molecule is N#C/C(=C\c1ccccc1OC(=O)c1ccc(Cl)cc1)C(=O)Nc1cccc(C(=O)O)c1. The Morgan fingerprint density at radius 2 is 1.69 bits per heavy atom. The number of amides is 1. The van der Waals surface area contributed by atoms with Gasteiger partial charge < -0.3 is 15.2 Å². The Morgan fingerprint density at radius 1 is 0.969 bits per heavy atom. The molecule has 3 rings (SSSR count). The monoisotopic (exact) mass is 446 g/mol. The van der Waals surface area contributed by atoms with Crippen LogP contribution in [0.4, 0.5) is 5.69 Å². The number of halogens is 1. The molecule has 0 saturated carbocycles. The standard InChI is InChI=1S/C24H15ClN2O5/c25-19-10-8-15(9-11-19)24(31)32-21-7-2-1-4-16(21)12-18(14-26)22(28)27-20-6-3-5-17(13-20)23(29)30/h1-13H,(H,27,28)(H,29,30)/b18-12+. The van der Waals surface area contributed by atoms with E-state index in [-0.39, 0.29) is 28.1 Å². The summed E-state index contributed by atoms with van der Waals surface area (Å²) >= 11 is 5.83. The van der Waals surface area contributed by atoms with Crippen molar-refractivity contribution in [1.29, 1.82) is 5.26 Å². The zero-order chi connectivity index (χ0) is 23.1. The van der Waals surface area contributed by atoms with E-state index in [1.165, 1.54) is 48.5 Å². The third kappa shape index (κ3) is 5.59. The first-order valence-corrected chi connectivity index (χ1v) is 9.58. The maximum atomic E-state index is 12.5. The third-order valence-corrected chi connectivity index (χ3v) is 4.49. The Kier molecular flexibility index (Phi) is 7.01. The summed E-state index contributed by atoms with van der Waals surface area (Å²) in [4.78, 5) is 36.1. The minimum atomic E-state index is -1.14. The molecule has 8 heteroatoms. The lowest BCUT2D eigenvalue weighted by molar-refractivity contribution is -0.112. The summed E-state index contributed by atoms with van der Waals surface area (Å²) in [5.41, 5.74) is 0.564. The second kappa shape index (κ2) is 10.1. The van der Waals surface area contributed by atoms with E-state index >= 15 is 0 Å². The highest BCUT2D eigenvalue weighted by Crippen LogP contribution is 2.23. The van der Waals surface area contributed by atoms with Crippen LogP contribution in [0, 0.1) is 11.3 Å². The number of carbonyl (C=O) groups excluding carboxylic acids is 2. The lowest BCUT2D eigenvalue weighted by atomic mass is 10.1. The lowest BCUT2D eigenvalue weighted by Gasteiger charge is -2.09. The number of anilines is 1. The molecule has 0 aliphatic carbocycles. The summed E-state index contributed by atoms with van der Waals surface area (Å²) in [5.74, 6) is -2.36. The second-order valence-electron chi connectivity index (χ2n) is 6.44. The number of carbonyl (C=O) groups is 3. The molecule has 0 atom stereocenters. The van der Waals surface area contributed by atoms with Crippen LogP contribution in [0.5, 0.6) is 5.75 Å². The molecule has 0 fully saturated rings. The number of rotatable bonds is 6. The first-order valence-electron chi connectivity index (χ1n) is 9.20. The molecule has 3 aromatic rings. The van der Waals surface area contributed by atoms with Crippen LogP contribution in [0.3, 0.4) is 0 Å². The quantitative estimate of drug-likeness (QED) is 0.243. The fourth-order valence-electron chi connectivity index (χ4n) is 2.67. The second-order valence-corrected chi connectivity index (χ2v) is 6.88. The average molecular weight is 447 g/mol. The number of nitrogens with one attached hydrogen (secondary N) is 1. The van der Waals surface area contributed by atoms with E-state index in [9.17, 15) is 19.6 Å². The van der Waals surface area contributed by atoms with Gasteiger partial charge in [-0.2, -0.15) is 5.26 Å². The summed E-state index contributed by atoms with van der Waals surface area (Å²) in [6.45, 7) is 0. The molecular formula is C24H15ClN2O5. The molecule has 0 heterocycles. The molecule has 158 valence electrons. The van der Waals surface area contributed by atoms with Gasteiger partial charge in [0.25, 0.3) is 5.91 Å². The van der Waals surface area contributed by atoms with Crippen molar-refractivity contribution >= 4 is 41.2 Å². The molecule has 0 aromatic heterocycles. The molecule has 1 amide bonds. The Hall–Kier alpha value is -4.41. The van der Waals surface area contributed by atoms with Crippen molar-refractivity contribution in [1.82, 2.24) is 0 Å². The van der Waals surface area contributed by atoms with Crippen molar-refractivity contribution in [3.8, 4) is 11.8 Å². The van der Waals surface area contributed by atoms with E-state index in [0.717, 1.165) is 0 Å². The third-order valence-electron chi connectivity index (χ3n) is 4.23. The molecule has 0 radical (unpaired) electrons. The molecule has 7 nitrogen and oxygen atoms in total. The van der Waals surface area contributed by atoms with E-state index in [1.807, 2.05) is 0 Å². The molecule has 2 N–H and O–H groups in total. The molecule has 32 heavy (non-hydrogen) atoms. The number of aromatic carboxylic acids is 1. The van der Waals surface area contributed by atoms with Gasteiger partial charge in [-0.15, -0.1) is 0 Å². The van der Waals surface area contributed by atoms with Gasteiger partial charge in [0.2, 0.25) is 0 Å². The van der Waals surface area contributed by atoms with E-state index in [0.29, 0.717) is 10.6 Å². The minimum Gasteiger partial charge on any atom is -0.478 e. The van der Waals surface area contributed by atoms with Crippen LogP contribution in [0.1, 0.15) is 26.3 Å². The normalized spacial score (nSPS) is 10.7. The van der Waals surface area contributed by atoms with E-state index < -0.39 is 17.8 Å². The number of nitriles is 1. The van der Waals surface area contributed by atoms with Gasteiger partial charge in [0.15, 0.2) is 0 Å². The van der Waals surface area contributed by atoms with Crippen LogP contribution in [-0.2, 0) is 4.79 Å². The largest absolute Gasteiger partial charge is 0.478 e. The van der Waals surface area contributed by atoms with Crippen molar-refractivity contribution in [3.05, 3.63) is 100 Å². The average Bonchev–Trinajstić information content (AvgIpc) is 2.79. The lowest BCUT2D eigenvalue weighted by Crippen LogP contribution is -2.14. The van der Waals surface area contributed by atoms with Crippen molar-refractivity contribution in [2.24, 2.45) is 0 Å². The maximum absolute atomic E-state index is 12.5. The fraction of sp³-hybridized carbons (Fsp3) is 0. The summed E-state index contributed by atoms with van der Waals surface area (Å²) in [5, 5.41) is 21.5. The number of esters is 1. The van der Waals surface area contributed by atoms with Crippen LogP contribution in [-0.4, -0.2) is 23.0 Å². The molecule has 0 spiro atoms. The van der Waals surface area contributed by atoms with E-state index in [2.05, 4.69) is 5.32 Å². The number of benzene rings is 3. The predicted molar refractivity (Wildman–Crippen MR) is 118 cm³/mol. The Labute approximate surface area is 188 Å². The van der Waals surface area contributed by atoms with Gasteiger partial charge in [0.1, 0.15) is 17.4 Å². The van der Waals surface area contributed by atoms with Crippen molar-refractivity contribution in [3.63, 3.8) is 0 Å². The summed E-state index contributed by atoms with van der Waals surface area (Å²) in [6, 6.07) is 20.0. The molecule has 0 aliphatic rings. The van der Waals surface area contributed by atoms with Gasteiger partial charge in [-0.05, 0) is 54.6 Å². The molecular weight excluding hydrogens is 432 g/mol. The molecule has 0 bridgehead atoms. The van der Waals surface area contributed by atoms with Gasteiger partial charge >= 0.3 is 11.9 Å². The van der Waals surface area contributed by atoms with Gasteiger partial charge in [-0.3, -0.25) is 4.79 Å². The molecule has 0 saturated heterocycles. The summed E-state index contributed by atoms with van der Waals surface area (Å²) in [6.07, 6.45) is 1.28. The van der Waals surface area contributed by atoms with Gasteiger partial charge in [-0.1, -0.05) is 35.9 Å². The predicted octanol–water partition coefficient (Wildman–Crippen LogP) is 4.80. The Bertz CT molecular complexity index is 1260. The molecule has 3 aromatic carbocycles. The number of carboxylic acid groups (broad SMARTS) is 1. The highest BCUT2D eigenvalue weighted by molar-refractivity contribution is 6.30. The van der Waals surface area contributed by atoms with Crippen molar-refractivity contribution in [2.75, 3.05) is 5.32 Å². The van der Waals surface area contributed by atoms with Gasteiger partial charge in [-0.25, -0.2) is 9.59 Å². The number of hydrogen-bond acceptors (Lipinski definition) is 5. The Balaban J connectivity index is 1.83. The zero-order valence-corrected chi connectivity index (χ0v) is 17.2.